The Bertz CT molecular complexity index is 327. The van der Waals surface area contributed by atoms with Crippen LogP contribution in [-0.4, -0.2) is 34.8 Å². The fraction of sp³-hybridized carbons (Fsp3) is 0.909. The number of carbonyl (C=O) groups excluding carboxylic acids is 1. The SMILES string of the molecule is COC(=O)[C@H]1C[C@H](C(F)(F)F)CC2(C1)SCCS2. The molecule has 1 heterocycles. The van der Waals surface area contributed by atoms with Crippen molar-refractivity contribution in [2.45, 2.75) is 29.5 Å². The van der Waals surface area contributed by atoms with Crippen molar-refractivity contribution in [3.05, 3.63) is 0 Å². The van der Waals surface area contributed by atoms with E-state index in [-0.39, 0.29) is 12.8 Å². The van der Waals surface area contributed by atoms with Crippen LogP contribution in [0.3, 0.4) is 0 Å². The molecule has 0 aromatic rings. The van der Waals surface area contributed by atoms with E-state index in [2.05, 4.69) is 4.74 Å². The van der Waals surface area contributed by atoms with Crippen molar-refractivity contribution in [2.75, 3.05) is 18.6 Å². The lowest BCUT2D eigenvalue weighted by molar-refractivity contribution is -0.188. The Kier molecular flexibility index (Phi) is 4.11. The van der Waals surface area contributed by atoms with Gasteiger partial charge >= 0.3 is 12.1 Å². The number of methoxy groups -OCH3 is 1. The van der Waals surface area contributed by atoms with Crippen molar-refractivity contribution in [3.8, 4) is 0 Å². The smallest absolute Gasteiger partial charge is 0.391 e. The zero-order valence-electron chi connectivity index (χ0n) is 9.96. The van der Waals surface area contributed by atoms with E-state index in [1.807, 2.05) is 0 Å². The van der Waals surface area contributed by atoms with Crippen LogP contribution in [0.4, 0.5) is 13.2 Å². The number of rotatable bonds is 1. The van der Waals surface area contributed by atoms with Crippen LogP contribution in [-0.2, 0) is 9.53 Å². The Hall–Kier alpha value is -0.0400. The number of halogens is 3. The molecule has 1 aliphatic heterocycles. The largest absolute Gasteiger partial charge is 0.469 e. The maximum Gasteiger partial charge on any atom is 0.391 e. The second kappa shape index (κ2) is 5.15. The molecule has 0 amide bonds. The standard InChI is InChI=1S/C11H15F3O2S2/c1-16-9(15)7-4-8(11(12,13)14)6-10(5-7)17-2-3-18-10/h7-8H,2-6H2,1H3/t7-,8-/m0/s1. The first-order chi connectivity index (χ1) is 8.36. The highest BCUT2D eigenvalue weighted by atomic mass is 32.2. The number of alkyl halides is 3. The summed E-state index contributed by atoms with van der Waals surface area (Å²) in [5.74, 6) is -0.773. The van der Waals surface area contributed by atoms with Gasteiger partial charge in [-0.3, -0.25) is 4.79 Å². The predicted molar refractivity (Wildman–Crippen MR) is 66.5 cm³/mol. The topological polar surface area (TPSA) is 26.3 Å². The first-order valence-electron chi connectivity index (χ1n) is 5.79. The average Bonchev–Trinajstić information content (AvgIpc) is 2.74. The first-order valence-corrected chi connectivity index (χ1v) is 7.76. The third-order valence-corrected chi connectivity index (χ3v) is 7.00. The van der Waals surface area contributed by atoms with Crippen LogP contribution in [0, 0.1) is 11.8 Å². The van der Waals surface area contributed by atoms with E-state index in [0.29, 0.717) is 6.42 Å². The molecule has 18 heavy (non-hydrogen) atoms. The first kappa shape index (κ1) is 14.4. The molecule has 1 saturated carbocycles. The highest BCUT2D eigenvalue weighted by Crippen LogP contribution is 2.58. The lowest BCUT2D eigenvalue weighted by Gasteiger charge is -2.40. The predicted octanol–water partition coefficient (Wildman–Crippen LogP) is 3.31. The zero-order chi connectivity index (χ0) is 13.4. The van der Waals surface area contributed by atoms with Gasteiger partial charge in [0, 0.05) is 11.5 Å². The van der Waals surface area contributed by atoms with Gasteiger partial charge in [-0.15, -0.1) is 23.5 Å². The maximum absolute atomic E-state index is 12.9. The van der Waals surface area contributed by atoms with E-state index in [9.17, 15) is 18.0 Å². The summed E-state index contributed by atoms with van der Waals surface area (Å²) in [7, 11) is 1.24. The summed E-state index contributed by atoms with van der Waals surface area (Å²) in [5, 5.41) is 0. The molecular weight excluding hydrogens is 285 g/mol. The van der Waals surface area contributed by atoms with Gasteiger partial charge in [-0.2, -0.15) is 13.2 Å². The van der Waals surface area contributed by atoms with Crippen molar-refractivity contribution < 1.29 is 22.7 Å². The molecule has 2 nitrogen and oxygen atoms in total. The minimum atomic E-state index is -4.22. The summed E-state index contributed by atoms with van der Waals surface area (Å²) in [6.45, 7) is 0. The molecule has 0 N–H and O–H groups in total. The molecule has 1 spiro atoms. The summed E-state index contributed by atoms with van der Waals surface area (Å²) in [4.78, 5) is 11.6. The quantitative estimate of drug-likeness (QED) is 0.694. The van der Waals surface area contributed by atoms with Crippen LogP contribution in [0.5, 0.6) is 0 Å². The second-order valence-electron chi connectivity index (χ2n) is 4.71. The number of hydrogen-bond donors (Lipinski definition) is 0. The van der Waals surface area contributed by atoms with Gasteiger partial charge in [-0.05, 0) is 19.3 Å². The Morgan fingerprint density at radius 2 is 1.89 bits per heavy atom. The lowest BCUT2D eigenvalue weighted by Crippen LogP contribution is -2.41. The van der Waals surface area contributed by atoms with Gasteiger partial charge in [0.25, 0.3) is 0 Å². The number of esters is 1. The van der Waals surface area contributed by atoms with Gasteiger partial charge in [-0.1, -0.05) is 0 Å². The highest BCUT2D eigenvalue weighted by Gasteiger charge is 2.53. The molecule has 2 atom stereocenters. The van der Waals surface area contributed by atoms with Gasteiger partial charge in [-0.25, -0.2) is 0 Å². The third kappa shape index (κ3) is 2.92. The van der Waals surface area contributed by atoms with E-state index in [4.69, 9.17) is 0 Å². The number of carbonyl (C=O) groups is 1. The number of thioether (sulfide) groups is 2. The summed E-state index contributed by atoms with van der Waals surface area (Å²) in [6.07, 6.45) is -3.72. The summed E-state index contributed by atoms with van der Waals surface area (Å²) >= 11 is 3.14. The molecule has 0 aromatic carbocycles. The fourth-order valence-electron chi connectivity index (χ4n) is 2.67. The summed E-state index contributed by atoms with van der Waals surface area (Å²) in [6, 6.07) is 0. The molecule has 0 radical (unpaired) electrons. The van der Waals surface area contributed by atoms with Gasteiger partial charge in [0.05, 0.1) is 23.0 Å². The van der Waals surface area contributed by atoms with Crippen molar-refractivity contribution in [1.82, 2.24) is 0 Å². The Morgan fingerprint density at radius 1 is 1.28 bits per heavy atom. The van der Waals surface area contributed by atoms with Crippen molar-refractivity contribution in [1.29, 1.82) is 0 Å². The van der Waals surface area contributed by atoms with Gasteiger partial charge < -0.3 is 4.74 Å². The van der Waals surface area contributed by atoms with Crippen LogP contribution >= 0.6 is 23.5 Å². The molecule has 2 rings (SSSR count). The summed E-state index contributed by atoms with van der Waals surface area (Å²) in [5.41, 5.74) is 0. The minimum absolute atomic E-state index is 0.124. The minimum Gasteiger partial charge on any atom is -0.469 e. The maximum atomic E-state index is 12.9. The normalized spacial score (nSPS) is 31.6. The van der Waals surface area contributed by atoms with Crippen LogP contribution in [0.1, 0.15) is 19.3 Å². The molecule has 2 aliphatic rings. The van der Waals surface area contributed by atoms with Gasteiger partial charge in [0.15, 0.2) is 0 Å². The molecule has 1 aliphatic carbocycles. The number of hydrogen-bond acceptors (Lipinski definition) is 4. The molecular formula is C11H15F3O2S2. The van der Waals surface area contributed by atoms with Gasteiger partial charge in [0.1, 0.15) is 0 Å². The van der Waals surface area contributed by atoms with Crippen LogP contribution in [0.15, 0.2) is 0 Å². The average molecular weight is 300 g/mol. The van der Waals surface area contributed by atoms with E-state index in [1.54, 1.807) is 23.5 Å². The van der Waals surface area contributed by atoms with Crippen molar-refractivity contribution >= 4 is 29.5 Å². The van der Waals surface area contributed by atoms with Crippen LogP contribution in [0.2, 0.25) is 0 Å². The monoisotopic (exact) mass is 300 g/mol. The molecule has 0 unspecified atom stereocenters. The molecule has 0 bridgehead atoms. The molecule has 0 aromatic heterocycles. The highest BCUT2D eigenvalue weighted by molar-refractivity contribution is 8.21. The summed E-state index contributed by atoms with van der Waals surface area (Å²) < 4.78 is 43.0. The van der Waals surface area contributed by atoms with Crippen molar-refractivity contribution in [2.24, 2.45) is 11.8 Å². The Labute approximate surface area is 112 Å². The third-order valence-electron chi connectivity index (χ3n) is 3.49. The van der Waals surface area contributed by atoms with E-state index < -0.39 is 28.1 Å². The fourth-order valence-corrected chi connectivity index (χ4v) is 6.19. The molecule has 2 fully saturated rings. The Balaban J connectivity index is 2.18. The van der Waals surface area contributed by atoms with E-state index in [1.165, 1.54) is 7.11 Å². The van der Waals surface area contributed by atoms with Crippen LogP contribution in [0.25, 0.3) is 0 Å². The Morgan fingerprint density at radius 3 is 2.39 bits per heavy atom. The van der Waals surface area contributed by atoms with Gasteiger partial charge in [0.2, 0.25) is 0 Å². The molecule has 104 valence electrons. The second-order valence-corrected chi connectivity index (χ2v) is 7.93. The van der Waals surface area contributed by atoms with Crippen molar-refractivity contribution in [3.63, 3.8) is 0 Å². The van der Waals surface area contributed by atoms with E-state index in [0.717, 1.165) is 11.5 Å². The zero-order valence-corrected chi connectivity index (χ0v) is 11.6. The van der Waals surface area contributed by atoms with Crippen LogP contribution < -0.4 is 0 Å². The molecule has 1 saturated heterocycles. The molecule has 7 heteroatoms. The lowest BCUT2D eigenvalue weighted by atomic mass is 9.80. The van der Waals surface area contributed by atoms with E-state index >= 15 is 0 Å². The number of ether oxygens (including phenoxy) is 1.